The summed E-state index contributed by atoms with van der Waals surface area (Å²) in [4.78, 5) is 29.7. The maximum absolute atomic E-state index is 12.7. The number of aryl methyl sites for hydroxylation is 1. The van der Waals surface area contributed by atoms with Gasteiger partial charge in [-0.2, -0.15) is 0 Å². The predicted molar refractivity (Wildman–Crippen MR) is 109 cm³/mol. The number of methoxy groups -OCH3 is 1. The third kappa shape index (κ3) is 3.98. The number of aromatic nitrogens is 2. The van der Waals surface area contributed by atoms with E-state index in [1.54, 1.807) is 33.2 Å². The number of thioether (sulfide) groups is 1. The molecule has 2 aromatic carbocycles. The van der Waals surface area contributed by atoms with Crippen LogP contribution in [0.15, 0.2) is 52.4 Å². The molecule has 27 heavy (non-hydrogen) atoms. The molecule has 3 rings (SSSR count). The lowest BCUT2D eigenvalue weighted by molar-refractivity contribution is -0.115. The van der Waals surface area contributed by atoms with Crippen molar-refractivity contribution in [2.24, 2.45) is 7.05 Å². The van der Waals surface area contributed by atoms with E-state index in [9.17, 15) is 9.59 Å². The van der Waals surface area contributed by atoms with Gasteiger partial charge in [0, 0.05) is 7.05 Å². The van der Waals surface area contributed by atoms with Crippen LogP contribution >= 0.6 is 11.8 Å². The number of nitrogens with one attached hydrogen (secondary N) is 1. The first kappa shape index (κ1) is 19.0. The second kappa shape index (κ2) is 7.84. The lowest BCUT2D eigenvalue weighted by Crippen LogP contribution is -2.25. The summed E-state index contributed by atoms with van der Waals surface area (Å²) in [6.07, 6.45) is 0. The van der Waals surface area contributed by atoms with Crippen LogP contribution in [0.25, 0.3) is 10.9 Å². The molecule has 0 spiro atoms. The van der Waals surface area contributed by atoms with E-state index in [4.69, 9.17) is 4.74 Å². The van der Waals surface area contributed by atoms with Crippen molar-refractivity contribution in [3.63, 3.8) is 0 Å². The number of hydrogen-bond acceptors (Lipinski definition) is 5. The maximum Gasteiger partial charge on any atom is 0.261 e. The number of benzene rings is 2. The number of nitrogens with zero attached hydrogens (tertiary/aromatic N) is 2. The Hall–Kier alpha value is -2.80. The number of carbonyl (C=O) groups excluding carboxylic acids is 1. The average Bonchev–Trinajstić information content (AvgIpc) is 2.66. The predicted octanol–water partition coefficient (Wildman–Crippen LogP) is 3.37. The van der Waals surface area contributed by atoms with Gasteiger partial charge >= 0.3 is 0 Å². The number of rotatable bonds is 5. The Bertz CT molecular complexity index is 1060. The Balaban J connectivity index is 1.83. The van der Waals surface area contributed by atoms with Gasteiger partial charge in [-0.05, 0) is 43.7 Å². The molecule has 1 aromatic heterocycles. The zero-order valence-electron chi connectivity index (χ0n) is 15.6. The fourth-order valence-electron chi connectivity index (χ4n) is 2.67. The van der Waals surface area contributed by atoms with Gasteiger partial charge in [0.05, 0.1) is 29.0 Å². The van der Waals surface area contributed by atoms with Crippen LogP contribution in [0.1, 0.15) is 12.5 Å². The molecule has 0 fully saturated rings. The highest BCUT2D eigenvalue weighted by atomic mass is 32.2. The molecular weight excluding hydrogens is 362 g/mol. The molecule has 7 heteroatoms. The first-order chi connectivity index (χ1) is 12.9. The third-order valence-corrected chi connectivity index (χ3v) is 5.35. The number of hydrogen-bond donors (Lipinski definition) is 1. The van der Waals surface area contributed by atoms with Crippen LogP contribution in [0, 0.1) is 6.92 Å². The standard InChI is InChI=1S/C20H21N3O3S/c1-12-9-10-17(26-4)16(11-12)21-18(24)13(2)27-20-22-15-8-6-5-7-14(15)19(25)23(20)3/h5-11,13H,1-4H3,(H,21,24). The fraction of sp³-hybridized carbons (Fsp3) is 0.250. The fourth-order valence-corrected chi connectivity index (χ4v) is 3.54. The van der Waals surface area contributed by atoms with Crippen LogP contribution in [0.3, 0.4) is 0 Å². The Morgan fingerprint density at radius 2 is 2.00 bits per heavy atom. The van der Waals surface area contributed by atoms with Crippen molar-refractivity contribution in [1.29, 1.82) is 0 Å². The Morgan fingerprint density at radius 1 is 1.26 bits per heavy atom. The lowest BCUT2D eigenvalue weighted by atomic mass is 10.2. The van der Waals surface area contributed by atoms with Crippen LogP contribution in [0.4, 0.5) is 5.69 Å². The van der Waals surface area contributed by atoms with Crippen molar-refractivity contribution < 1.29 is 9.53 Å². The van der Waals surface area contributed by atoms with Gasteiger partial charge in [-0.15, -0.1) is 0 Å². The van der Waals surface area contributed by atoms with E-state index < -0.39 is 5.25 Å². The molecule has 1 unspecified atom stereocenters. The van der Waals surface area contributed by atoms with Crippen LogP contribution in [-0.2, 0) is 11.8 Å². The van der Waals surface area contributed by atoms with E-state index in [1.165, 1.54) is 16.3 Å². The van der Waals surface area contributed by atoms with Crippen molar-refractivity contribution in [2.45, 2.75) is 24.3 Å². The molecule has 0 aliphatic rings. The molecule has 0 bridgehead atoms. The van der Waals surface area contributed by atoms with Gasteiger partial charge in [0.15, 0.2) is 5.16 Å². The number of para-hydroxylation sites is 1. The van der Waals surface area contributed by atoms with Crippen molar-refractivity contribution in [3.8, 4) is 5.75 Å². The summed E-state index contributed by atoms with van der Waals surface area (Å²) in [6.45, 7) is 3.73. The summed E-state index contributed by atoms with van der Waals surface area (Å²) in [7, 11) is 3.23. The summed E-state index contributed by atoms with van der Waals surface area (Å²) in [5.41, 5.74) is 2.13. The van der Waals surface area contributed by atoms with Crippen molar-refractivity contribution in [3.05, 3.63) is 58.4 Å². The van der Waals surface area contributed by atoms with Crippen LogP contribution in [0.5, 0.6) is 5.75 Å². The minimum absolute atomic E-state index is 0.129. The molecule has 0 aliphatic carbocycles. The van der Waals surface area contributed by atoms with Gasteiger partial charge < -0.3 is 10.1 Å². The largest absolute Gasteiger partial charge is 0.495 e. The highest BCUT2D eigenvalue weighted by molar-refractivity contribution is 8.00. The lowest BCUT2D eigenvalue weighted by Gasteiger charge is -2.16. The smallest absolute Gasteiger partial charge is 0.261 e. The second-order valence-electron chi connectivity index (χ2n) is 6.23. The highest BCUT2D eigenvalue weighted by Gasteiger charge is 2.19. The highest BCUT2D eigenvalue weighted by Crippen LogP contribution is 2.27. The first-order valence-corrected chi connectivity index (χ1v) is 9.36. The summed E-state index contributed by atoms with van der Waals surface area (Å²) in [6, 6.07) is 12.8. The monoisotopic (exact) mass is 383 g/mol. The molecule has 6 nitrogen and oxygen atoms in total. The van der Waals surface area contributed by atoms with E-state index in [0.717, 1.165) is 5.56 Å². The molecule has 1 heterocycles. The van der Waals surface area contributed by atoms with E-state index in [2.05, 4.69) is 10.3 Å². The molecule has 0 aliphatic heterocycles. The number of anilines is 1. The maximum atomic E-state index is 12.7. The molecule has 0 saturated carbocycles. The van der Waals surface area contributed by atoms with Crippen LogP contribution in [-0.4, -0.2) is 27.8 Å². The van der Waals surface area contributed by atoms with E-state index in [0.29, 0.717) is 27.5 Å². The zero-order chi connectivity index (χ0) is 19.6. The van der Waals surface area contributed by atoms with E-state index in [-0.39, 0.29) is 11.5 Å². The number of ether oxygens (including phenoxy) is 1. The Morgan fingerprint density at radius 3 is 2.74 bits per heavy atom. The molecule has 0 radical (unpaired) electrons. The molecular formula is C20H21N3O3S. The molecule has 0 saturated heterocycles. The third-order valence-electron chi connectivity index (χ3n) is 4.21. The summed E-state index contributed by atoms with van der Waals surface area (Å²) in [5, 5.41) is 3.50. The van der Waals surface area contributed by atoms with Gasteiger partial charge in [-0.1, -0.05) is 30.0 Å². The molecule has 1 amide bonds. The van der Waals surface area contributed by atoms with Crippen molar-refractivity contribution >= 4 is 34.3 Å². The summed E-state index contributed by atoms with van der Waals surface area (Å²) >= 11 is 1.24. The van der Waals surface area contributed by atoms with Gasteiger partial charge in [-0.3, -0.25) is 14.2 Å². The second-order valence-corrected chi connectivity index (χ2v) is 7.54. The number of carbonyl (C=O) groups is 1. The van der Waals surface area contributed by atoms with Crippen LogP contribution in [0.2, 0.25) is 0 Å². The SMILES string of the molecule is COc1ccc(C)cc1NC(=O)C(C)Sc1nc2ccccc2c(=O)n1C. The average molecular weight is 383 g/mol. The van der Waals surface area contributed by atoms with Crippen molar-refractivity contribution in [2.75, 3.05) is 12.4 Å². The van der Waals surface area contributed by atoms with Gasteiger partial charge in [-0.25, -0.2) is 4.98 Å². The van der Waals surface area contributed by atoms with Crippen LogP contribution < -0.4 is 15.6 Å². The zero-order valence-corrected chi connectivity index (χ0v) is 16.5. The van der Waals surface area contributed by atoms with Crippen molar-refractivity contribution in [1.82, 2.24) is 9.55 Å². The van der Waals surface area contributed by atoms with Gasteiger partial charge in [0.1, 0.15) is 5.75 Å². The molecule has 1 atom stereocenters. The number of amides is 1. The molecule has 140 valence electrons. The van der Waals surface area contributed by atoms with Gasteiger partial charge in [0.2, 0.25) is 5.91 Å². The quantitative estimate of drug-likeness (QED) is 0.540. The Labute approximate surface area is 161 Å². The summed E-state index contributed by atoms with van der Waals surface area (Å²) in [5.74, 6) is 0.411. The van der Waals surface area contributed by atoms with E-state index in [1.807, 2.05) is 37.3 Å². The minimum Gasteiger partial charge on any atom is -0.495 e. The summed E-state index contributed by atoms with van der Waals surface area (Å²) < 4.78 is 6.78. The van der Waals surface area contributed by atoms with E-state index >= 15 is 0 Å². The molecule has 1 N–H and O–H groups in total. The normalized spacial score (nSPS) is 12.0. The molecule has 3 aromatic rings. The number of fused-ring (bicyclic) bond motifs is 1. The topological polar surface area (TPSA) is 73.2 Å². The first-order valence-electron chi connectivity index (χ1n) is 8.48. The van der Waals surface area contributed by atoms with Gasteiger partial charge in [0.25, 0.3) is 5.56 Å². The minimum atomic E-state index is -0.450. The Kier molecular flexibility index (Phi) is 5.51.